The highest BCUT2D eigenvalue weighted by Gasteiger charge is 2.52. The van der Waals surface area contributed by atoms with E-state index in [1.54, 1.807) is 6.20 Å². The van der Waals surface area contributed by atoms with Gasteiger partial charge in [0.2, 0.25) is 0 Å². The van der Waals surface area contributed by atoms with Crippen molar-refractivity contribution in [2.24, 2.45) is 16.7 Å². The lowest BCUT2D eigenvalue weighted by molar-refractivity contribution is -0.141. The zero-order chi connectivity index (χ0) is 40.8. The van der Waals surface area contributed by atoms with Gasteiger partial charge in [0.25, 0.3) is 0 Å². The number of amides is 1. The lowest BCUT2D eigenvalue weighted by Crippen LogP contribution is -2.44. The highest BCUT2D eigenvalue weighted by Crippen LogP contribution is 2.62. The van der Waals surface area contributed by atoms with Crippen LogP contribution >= 0.6 is 0 Å². The molecule has 4 atom stereocenters. The molecule has 300 valence electrons. The predicted molar refractivity (Wildman–Crippen MR) is 226 cm³/mol. The molecule has 10 nitrogen and oxygen atoms in total. The van der Waals surface area contributed by atoms with Crippen molar-refractivity contribution >= 4 is 51.2 Å². The molecular weight excluding hydrogens is 729 g/mol. The molecule has 0 bridgehead atoms. The normalized spacial score (nSPS) is 23.7. The van der Waals surface area contributed by atoms with Crippen LogP contribution in [0.5, 0.6) is 0 Å². The molecule has 1 amide bonds. The number of carbonyl (C=O) groups is 3. The van der Waals surface area contributed by atoms with Crippen molar-refractivity contribution in [2.45, 2.75) is 116 Å². The van der Waals surface area contributed by atoms with Crippen molar-refractivity contribution in [3.8, 4) is 11.1 Å². The molecule has 1 aliphatic heterocycles. The third-order valence-electron chi connectivity index (χ3n) is 14.7. The molecule has 0 saturated heterocycles. The third-order valence-corrected chi connectivity index (χ3v) is 14.7. The summed E-state index contributed by atoms with van der Waals surface area (Å²) in [5.74, 6) is -1.61. The maximum absolute atomic E-state index is 14.0. The smallest absolute Gasteiger partial charge is 0.413 e. The molecule has 0 spiro atoms. The second-order valence-electron chi connectivity index (χ2n) is 18.6. The quantitative estimate of drug-likeness (QED) is 0.140. The topological polar surface area (TPSA) is 144 Å². The first-order chi connectivity index (χ1) is 27.7. The number of aliphatic carboxylic acids is 1. The van der Waals surface area contributed by atoms with Gasteiger partial charge in [0.05, 0.1) is 28.0 Å². The van der Waals surface area contributed by atoms with Crippen LogP contribution in [0.4, 0.5) is 16.2 Å². The summed E-state index contributed by atoms with van der Waals surface area (Å²) < 4.78 is 0. The van der Waals surface area contributed by atoms with Crippen LogP contribution in [0, 0.1) is 23.7 Å². The molecule has 2 aromatic heterocycles. The molecule has 3 heterocycles. The predicted octanol–water partition coefficient (Wildman–Crippen LogP) is 11.3. The van der Waals surface area contributed by atoms with Gasteiger partial charge in [-0.3, -0.25) is 14.8 Å². The van der Waals surface area contributed by atoms with E-state index in [1.165, 1.54) is 4.90 Å². The van der Waals surface area contributed by atoms with Crippen molar-refractivity contribution in [2.75, 3.05) is 9.80 Å². The maximum atomic E-state index is 14.0. The monoisotopic (exact) mass is 780 g/mol. The van der Waals surface area contributed by atoms with Crippen molar-refractivity contribution in [3.05, 3.63) is 94.8 Å². The van der Waals surface area contributed by atoms with E-state index in [2.05, 4.69) is 49.7 Å². The minimum Gasteiger partial charge on any atom is -0.481 e. The molecule has 4 unspecified atom stereocenters. The minimum atomic E-state index is -1.14. The molecule has 5 aromatic rings. The van der Waals surface area contributed by atoms with E-state index in [-0.39, 0.29) is 46.6 Å². The largest absolute Gasteiger partial charge is 0.481 e. The summed E-state index contributed by atoms with van der Waals surface area (Å²) in [4.78, 5) is 52.8. The van der Waals surface area contributed by atoms with Crippen LogP contribution in [0.2, 0.25) is 0 Å². The Morgan fingerprint density at radius 2 is 1.57 bits per heavy atom. The number of nitrogens with zero attached hydrogens (tertiary/aromatic N) is 4. The second kappa shape index (κ2) is 13.8. The average molecular weight is 781 g/mol. The molecular formula is C48H52N4O6. The van der Waals surface area contributed by atoms with E-state index >= 15 is 0 Å². The van der Waals surface area contributed by atoms with E-state index in [0.29, 0.717) is 16.8 Å². The summed E-state index contributed by atoms with van der Waals surface area (Å²) in [5, 5.41) is 33.9. The van der Waals surface area contributed by atoms with Crippen LogP contribution in [0.15, 0.2) is 66.9 Å². The van der Waals surface area contributed by atoms with Crippen LogP contribution < -0.4 is 9.80 Å². The van der Waals surface area contributed by atoms with Crippen LogP contribution in [0.3, 0.4) is 0 Å². The Morgan fingerprint density at radius 3 is 2.22 bits per heavy atom. The summed E-state index contributed by atoms with van der Waals surface area (Å²) >= 11 is 0. The Bertz CT molecular complexity index is 2520. The molecule has 3 N–H and O–H groups in total. The highest BCUT2D eigenvalue weighted by molar-refractivity contribution is 6.12. The first-order valence-electron chi connectivity index (χ1n) is 20.9. The number of carboxylic acids is 2. The number of benzene rings is 3. The van der Waals surface area contributed by atoms with Gasteiger partial charge in [-0.25, -0.2) is 14.5 Å². The molecule has 3 aromatic carbocycles. The Hall–Kier alpha value is -5.51. The van der Waals surface area contributed by atoms with Gasteiger partial charge in [-0.15, -0.1) is 0 Å². The van der Waals surface area contributed by atoms with Crippen LogP contribution in [0.1, 0.15) is 136 Å². The first-order valence-corrected chi connectivity index (χ1v) is 20.9. The molecule has 3 saturated carbocycles. The van der Waals surface area contributed by atoms with Crippen molar-refractivity contribution in [1.82, 2.24) is 9.97 Å². The number of hydrogen-bond acceptors (Lipinski definition) is 6. The maximum Gasteiger partial charge on any atom is 0.413 e. The van der Waals surface area contributed by atoms with Crippen molar-refractivity contribution < 1.29 is 29.7 Å². The molecule has 0 radical (unpaired) electrons. The van der Waals surface area contributed by atoms with Crippen molar-refractivity contribution in [1.29, 1.82) is 0 Å². The number of anilines is 2. The summed E-state index contributed by atoms with van der Waals surface area (Å²) in [6, 6.07) is 19.7. The van der Waals surface area contributed by atoms with Crippen LogP contribution in [-0.4, -0.2) is 49.4 Å². The number of pyridine rings is 2. The lowest BCUT2D eigenvalue weighted by atomic mass is 9.53. The van der Waals surface area contributed by atoms with E-state index < -0.39 is 24.2 Å². The average Bonchev–Trinajstić information content (AvgIpc) is 3.56. The van der Waals surface area contributed by atoms with E-state index in [4.69, 9.17) is 4.98 Å². The second-order valence-corrected chi connectivity index (χ2v) is 18.6. The van der Waals surface area contributed by atoms with Gasteiger partial charge >= 0.3 is 18.0 Å². The first kappa shape index (κ1) is 38.0. The highest BCUT2D eigenvalue weighted by atomic mass is 16.4. The van der Waals surface area contributed by atoms with Gasteiger partial charge in [-0.2, -0.15) is 0 Å². The number of fused-ring (bicyclic) bond motifs is 3. The van der Waals surface area contributed by atoms with Gasteiger partial charge < -0.3 is 20.2 Å². The number of hydrogen-bond donors (Lipinski definition) is 3. The Balaban J connectivity index is 1.26. The molecule has 9 rings (SSSR count). The number of carboxylic acid groups (broad SMARTS) is 3. The number of aromatic nitrogens is 2. The zero-order valence-corrected chi connectivity index (χ0v) is 34.0. The fourth-order valence-corrected chi connectivity index (χ4v) is 11.2. The number of rotatable bonds is 8. The molecule has 10 heteroatoms. The Labute approximate surface area is 338 Å². The van der Waals surface area contributed by atoms with Crippen LogP contribution in [0.25, 0.3) is 32.9 Å². The van der Waals surface area contributed by atoms with Crippen LogP contribution in [-0.2, 0) is 4.79 Å². The van der Waals surface area contributed by atoms with Gasteiger partial charge in [-0.05, 0) is 120 Å². The van der Waals surface area contributed by atoms with Gasteiger partial charge in [0, 0.05) is 46.6 Å². The number of aromatic carboxylic acids is 1. The van der Waals surface area contributed by atoms with Gasteiger partial charge in [0.1, 0.15) is 6.17 Å². The summed E-state index contributed by atoms with van der Waals surface area (Å²) in [5.41, 5.74) is 7.19. The lowest BCUT2D eigenvalue weighted by Gasteiger charge is -2.51. The fourth-order valence-electron chi connectivity index (χ4n) is 11.2. The third kappa shape index (κ3) is 5.92. The molecule has 58 heavy (non-hydrogen) atoms. The van der Waals surface area contributed by atoms with Gasteiger partial charge in [0.15, 0.2) is 0 Å². The summed E-state index contributed by atoms with van der Waals surface area (Å²) in [6.45, 7) is 10.7. The standard InChI is InChI=1S/C48H52N4O6/c1-26-39(33-19-20-47(33,2)3)41(45(55)56)40(29-14-16-35-27(22-29)10-9-21-49-35)43-42(26)51(32-11-7-6-8-12-32)44(52(43)46(57)58)30-15-17-36-28(23-30)13-18-37(50-36)34-24-31(25-38(53)54)48(34,4)5/h9-10,13-18,21-23,31-34,44H,6-8,11-12,19-20,24-25H2,1-5H3,(H,53,54)(H,55,56)(H,57,58). The Morgan fingerprint density at radius 1 is 0.828 bits per heavy atom. The SMILES string of the molecule is Cc1c(C2CCC2(C)C)c(C(=O)O)c(-c2ccc3ncccc3c2)c2c1N(C1CCCCC1)C(c1ccc3nc(C4CC(CC(=O)O)C4(C)C)ccc3c1)N2C(=O)O. The zero-order valence-electron chi connectivity index (χ0n) is 34.0. The summed E-state index contributed by atoms with van der Waals surface area (Å²) in [6.07, 6.45) is 7.61. The van der Waals surface area contributed by atoms with E-state index in [1.807, 2.05) is 55.5 Å². The Kier molecular flexibility index (Phi) is 9.06. The molecule has 4 aliphatic rings. The minimum absolute atomic E-state index is 0.00343. The fraction of sp³-hybridized carbons (Fsp3) is 0.438. The molecule has 3 fully saturated rings. The van der Waals surface area contributed by atoms with Crippen molar-refractivity contribution in [3.63, 3.8) is 0 Å². The van der Waals surface area contributed by atoms with E-state index in [9.17, 15) is 29.7 Å². The van der Waals surface area contributed by atoms with E-state index in [0.717, 1.165) is 101 Å². The molecule has 3 aliphatic carbocycles. The van der Waals surface area contributed by atoms with Gasteiger partial charge in [-0.1, -0.05) is 71.2 Å². The summed E-state index contributed by atoms with van der Waals surface area (Å²) in [7, 11) is 0.